The van der Waals surface area contributed by atoms with Crippen LogP contribution in [-0.2, 0) is 11.2 Å². The first-order valence-electron chi connectivity index (χ1n) is 11.7. The van der Waals surface area contributed by atoms with Gasteiger partial charge in [-0.2, -0.15) is 0 Å². The summed E-state index contributed by atoms with van der Waals surface area (Å²) in [4.78, 5) is 0. The van der Waals surface area contributed by atoms with Gasteiger partial charge in [0.25, 0.3) is 4.59 Å². The van der Waals surface area contributed by atoms with E-state index in [2.05, 4.69) is 55.5 Å². The standard InChI is InChI=1S/C27H35Cl2FO/c1-21-14-16-23(17-15-21)25(18-19-27(28,29)30)26(24-12-6-3-7-13-24)31-20-8-11-22-9-4-2-5-10-22/h2-7,9-10,12-13,21,23,25-26H,8,11,14-20H2,1H3. The third-order valence-corrected chi connectivity index (χ3v) is 7.07. The second-order valence-electron chi connectivity index (χ2n) is 9.13. The largest absolute Gasteiger partial charge is 0.373 e. The van der Waals surface area contributed by atoms with Gasteiger partial charge < -0.3 is 4.74 Å². The van der Waals surface area contributed by atoms with Crippen LogP contribution >= 0.6 is 23.2 Å². The van der Waals surface area contributed by atoms with Crippen LogP contribution in [-0.4, -0.2) is 11.2 Å². The molecule has 1 aliphatic carbocycles. The zero-order valence-electron chi connectivity index (χ0n) is 18.5. The summed E-state index contributed by atoms with van der Waals surface area (Å²) in [5.74, 6) is 1.48. The fraction of sp³-hybridized carbons (Fsp3) is 0.556. The number of aryl methyl sites for hydroxylation is 1. The fourth-order valence-electron chi connectivity index (χ4n) is 4.92. The van der Waals surface area contributed by atoms with E-state index in [1.807, 2.05) is 12.1 Å². The summed E-state index contributed by atoms with van der Waals surface area (Å²) in [5.41, 5.74) is 2.49. The van der Waals surface area contributed by atoms with Crippen molar-refractivity contribution in [1.82, 2.24) is 0 Å². The van der Waals surface area contributed by atoms with Crippen LogP contribution in [0.3, 0.4) is 0 Å². The van der Waals surface area contributed by atoms with Gasteiger partial charge in [-0.25, -0.2) is 4.39 Å². The van der Waals surface area contributed by atoms with Gasteiger partial charge in [0.1, 0.15) is 0 Å². The quantitative estimate of drug-likeness (QED) is 0.238. The lowest BCUT2D eigenvalue weighted by atomic mass is 9.72. The van der Waals surface area contributed by atoms with Crippen LogP contribution in [0, 0.1) is 17.8 Å². The molecule has 1 fully saturated rings. The van der Waals surface area contributed by atoms with Crippen LogP contribution in [0.15, 0.2) is 60.7 Å². The molecule has 0 N–H and O–H groups in total. The Morgan fingerprint density at radius 2 is 1.58 bits per heavy atom. The molecule has 0 heterocycles. The third-order valence-electron chi connectivity index (χ3n) is 6.69. The molecule has 2 aromatic carbocycles. The molecule has 3 rings (SSSR count). The van der Waals surface area contributed by atoms with Crippen molar-refractivity contribution < 1.29 is 9.13 Å². The number of ether oxygens (including phenoxy) is 1. The highest BCUT2D eigenvalue weighted by molar-refractivity contribution is 6.47. The number of alkyl halides is 3. The molecule has 2 unspecified atom stereocenters. The molecule has 0 amide bonds. The van der Waals surface area contributed by atoms with Crippen molar-refractivity contribution in [2.24, 2.45) is 17.8 Å². The van der Waals surface area contributed by atoms with Gasteiger partial charge in [-0.1, -0.05) is 104 Å². The summed E-state index contributed by atoms with van der Waals surface area (Å²) in [5, 5.41) is 0. The van der Waals surface area contributed by atoms with Crippen LogP contribution in [0.2, 0.25) is 0 Å². The Labute approximate surface area is 197 Å². The number of benzene rings is 2. The molecule has 2 atom stereocenters. The van der Waals surface area contributed by atoms with Gasteiger partial charge in [-0.05, 0) is 61.0 Å². The minimum absolute atomic E-state index is 0.0638. The maximum Gasteiger partial charge on any atom is 0.257 e. The van der Waals surface area contributed by atoms with E-state index in [0.717, 1.165) is 31.6 Å². The smallest absolute Gasteiger partial charge is 0.257 e. The molecule has 0 saturated heterocycles. The van der Waals surface area contributed by atoms with Gasteiger partial charge in [0.15, 0.2) is 0 Å². The first-order chi connectivity index (χ1) is 14.9. The van der Waals surface area contributed by atoms with E-state index >= 15 is 0 Å². The molecule has 1 saturated carbocycles. The predicted octanol–water partition coefficient (Wildman–Crippen LogP) is 8.70. The van der Waals surface area contributed by atoms with Gasteiger partial charge in [0.05, 0.1) is 6.10 Å². The van der Waals surface area contributed by atoms with Crippen molar-refractivity contribution in [3.63, 3.8) is 0 Å². The molecule has 1 nitrogen and oxygen atoms in total. The molecule has 170 valence electrons. The van der Waals surface area contributed by atoms with E-state index in [9.17, 15) is 4.39 Å². The zero-order valence-corrected chi connectivity index (χ0v) is 20.0. The van der Waals surface area contributed by atoms with E-state index in [1.165, 1.54) is 24.0 Å². The molecular weight excluding hydrogens is 430 g/mol. The first kappa shape index (κ1) is 24.6. The Balaban J connectivity index is 1.72. The molecule has 1 aliphatic rings. The summed E-state index contributed by atoms with van der Waals surface area (Å²) in [6.07, 6.45) is 7.40. The number of rotatable bonds is 11. The van der Waals surface area contributed by atoms with E-state index in [-0.39, 0.29) is 18.4 Å². The summed E-state index contributed by atoms with van der Waals surface area (Å²) in [7, 11) is 0. The normalized spacial score (nSPS) is 21.5. The van der Waals surface area contributed by atoms with Crippen molar-refractivity contribution in [2.45, 2.75) is 69.0 Å². The second-order valence-corrected chi connectivity index (χ2v) is 10.5. The van der Waals surface area contributed by atoms with E-state index in [0.29, 0.717) is 18.9 Å². The second kappa shape index (κ2) is 12.2. The van der Waals surface area contributed by atoms with Crippen molar-refractivity contribution in [1.29, 1.82) is 0 Å². The van der Waals surface area contributed by atoms with E-state index < -0.39 is 4.59 Å². The van der Waals surface area contributed by atoms with E-state index in [4.69, 9.17) is 27.9 Å². The average Bonchev–Trinajstić information content (AvgIpc) is 2.77. The molecule has 31 heavy (non-hydrogen) atoms. The van der Waals surface area contributed by atoms with Crippen molar-refractivity contribution in [3.05, 3.63) is 71.8 Å². The Bertz CT molecular complexity index is 739. The van der Waals surface area contributed by atoms with Crippen LogP contribution in [0.25, 0.3) is 0 Å². The number of halogens is 3. The maximum absolute atomic E-state index is 14.0. The number of hydrogen-bond acceptors (Lipinski definition) is 1. The molecule has 0 spiro atoms. The SMILES string of the molecule is CC1CCC(C(CCC(F)(Cl)Cl)C(OCCCc2ccccc2)c2ccccc2)CC1. The van der Waals surface area contributed by atoms with Gasteiger partial charge in [-0.3, -0.25) is 0 Å². The Kier molecular flexibility index (Phi) is 9.69. The summed E-state index contributed by atoms with van der Waals surface area (Å²) in [6.45, 7) is 3.00. The molecular formula is C27H35Cl2FO. The van der Waals surface area contributed by atoms with Crippen LogP contribution < -0.4 is 0 Å². The third kappa shape index (κ3) is 8.40. The minimum atomic E-state index is -2.19. The van der Waals surface area contributed by atoms with Gasteiger partial charge >= 0.3 is 0 Å². The van der Waals surface area contributed by atoms with Crippen molar-refractivity contribution in [2.75, 3.05) is 6.61 Å². The lowest BCUT2D eigenvalue weighted by molar-refractivity contribution is -0.0245. The highest BCUT2D eigenvalue weighted by Crippen LogP contribution is 2.44. The predicted molar refractivity (Wildman–Crippen MR) is 129 cm³/mol. The van der Waals surface area contributed by atoms with Crippen LogP contribution in [0.1, 0.15) is 69.1 Å². The highest BCUT2D eigenvalue weighted by atomic mass is 35.5. The van der Waals surface area contributed by atoms with Crippen LogP contribution in [0.4, 0.5) is 4.39 Å². The molecule has 0 radical (unpaired) electrons. The summed E-state index contributed by atoms with van der Waals surface area (Å²) >= 11 is 11.5. The Morgan fingerprint density at radius 3 is 2.19 bits per heavy atom. The summed E-state index contributed by atoms with van der Waals surface area (Å²) in [6, 6.07) is 20.9. The van der Waals surface area contributed by atoms with Crippen molar-refractivity contribution in [3.8, 4) is 0 Å². The minimum Gasteiger partial charge on any atom is -0.373 e. The molecule has 4 heteroatoms. The van der Waals surface area contributed by atoms with Gasteiger partial charge in [-0.15, -0.1) is 0 Å². The molecule has 0 bridgehead atoms. The highest BCUT2D eigenvalue weighted by Gasteiger charge is 2.35. The molecule has 2 aromatic rings. The van der Waals surface area contributed by atoms with Crippen molar-refractivity contribution >= 4 is 23.2 Å². The summed E-state index contributed by atoms with van der Waals surface area (Å²) < 4.78 is 18.4. The fourth-order valence-corrected chi connectivity index (χ4v) is 5.14. The van der Waals surface area contributed by atoms with Crippen LogP contribution in [0.5, 0.6) is 0 Å². The zero-order chi connectivity index (χ0) is 22.1. The molecule has 0 aromatic heterocycles. The lowest BCUT2D eigenvalue weighted by Gasteiger charge is -2.38. The Morgan fingerprint density at radius 1 is 0.968 bits per heavy atom. The monoisotopic (exact) mass is 464 g/mol. The first-order valence-corrected chi connectivity index (χ1v) is 12.4. The average molecular weight is 465 g/mol. The van der Waals surface area contributed by atoms with E-state index in [1.54, 1.807) is 0 Å². The van der Waals surface area contributed by atoms with Gasteiger partial charge in [0.2, 0.25) is 0 Å². The maximum atomic E-state index is 14.0. The molecule has 0 aliphatic heterocycles. The lowest BCUT2D eigenvalue weighted by Crippen LogP contribution is -2.29. The topological polar surface area (TPSA) is 9.23 Å². The number of hydrogen-bond donors (Lipinski definition) is 0. The Hall–Kier alpha value is -1.09. The van der Waals surface area contributed by atoms with Gasteiger partial charge in [0, 0.05) is 13.0 Å².